The highest BCUT2D eigenvalue weighted by Gasteiger charge is 2.23. The van der Waals surface area contributed by atoms with Crippen LogP contribution >= 0.6 is 12.2 Å². The van der Waals surface area contributed by atoms with Crippen LogP contribution in [-0.4, -0.2) is 14.7 Å². The van der Waals surface area contributed by atoms with Crippen molar-refractivity contribution in [1.82, 2.24) is 9.55 Å². The molecule has 0 amide bonds. The van der Waals surface area contributed by atoms with Crippen LogP contribution in [0.1, 0.15) is 43.6 Å². The third-order valence-corrected chi connectivity index (χ3v) is 3.72. The zero-order chi connectivity index (χ0) is 11.7. The van der Waals surface area contributed by atoms with Crippen molar-refractivity contribution >= 4 is 12.2 Å². The Hall–Kier alpha value is -1.10. The molecule has 0 radical (unpaired) electrons. The van der Waals surface area contributed by atoms with Gasteiger partial charge in [0.05, 0.1) is 5.56 Å². The van der Waals surface area contributed by atoms with Crippen LogP contribution in [0.5, 0.6) is 5.88 Å². The molecule has 2 N–H and O–H groups in total. The Morgan fingerprint density at radius 2 is 2.00 bits per heavy atom. The Balaban J connectivity index is 2.51. The molecule has 5 heteroatoms. The molecule has 1 fully saturated rings. The summed E-state index contributed by atoms with van der Waals surface area (Å²) in [5.41, 5.74) is 0.281. The van der Waals surface area contributed by atoms with Gasteiger partial charge >= 0.3 is 0 Å². The second kappa shape index (κ2) is 4.41. The minimum absolute atomic E-state index is 0.0284. The van der Waals surface area contributed by atoms with Crippen molar-refractivity contribution in [2.75, 3.05) is 0 Å². The lowest BCUT2D eigenvalue weighted by Gasteiger charge is -2.22. The van der Waals surface area contributed by atoms with E-state index in [-0.39, 0.29) is 22.1 Å². The molecular formula is C11H16N2O2S. The normalized spacial score (nSPS) is 17.6. The summed E-state index contributed by atoms with van der Waals surface area (Å²) in [6.45, 7) is 0. The van der Waals surface area contributed by atoms with E-state index >= 15 is 0 Å². The molecule has 0 atom stereocenters. The summed E-state index contributed by atoms with van der Waals surface area (Å²) in [6.07, 6.45) is 5.44. The number of hydrogen-bond acceptors (Lipinski definition) is 3. The van der Waals surface area contributed by atoms with Gasteiger partial charge in [-0.15, -0.1) is 0 Å². The maximum Gasteiger partial charge on any atom is 0.259 e. The van der Waals surface area contributed by atoms with Gasteiger partial charge in [0.25, 0.3) is 5.56 Å². The number of nitrogens with zero attached hydrogens (tertiary/aromatic N) is 1. The largest absolute Gasteiger partial charge is 0.494 e. The molecule has 16 heavy (non-hydrogen) atoms. The molecule has 2 rings (SSSR count). The third-order valence-electron chi connectivity index (χ3n) is 3.34. The van der Waals surface area contributed by atoms with E-state index in [2.05, 4.69) is 4.98 Å². The predicted molar refractivity (Wildman–Crippen MR) is 64.4 cm³/mol. The number of aromatic nitrogens is 2. The van der Waals surface area contributed by atoms with Crippen molar-refractivity contribution < 1.29 is 5.11 Å². The molecule has 1 aliphatic rings. The average molecular weight is 240 g/mol. The summed E-state index contributed by atoms with van der Waals surface area (Å²) < 4.78 is 1.72. The van der Waals surface area contributed by atoms with E-state index in [1.807, 2.05) is 0 Å². The van der Waals surface area contributed by atoms with E-state index in [1.54, 1.807) is 7.05 Å². The second-order valence-electron chi connectivity index (χ2n) is 4.39. The molecule has 1 saturated carbocycles. The number of H-pyrrole nitrogens is 1. The Morgan fingerprint density at radius 1 is 1.38 bits per heavy atom. The van der Waals surface area contributed by atoms with Gasteiger partial charge in [0.1, 0.15) is 0 Å². The lowest BCUT2D eigenvalue weighted by molar-refractivity contribution is 0.381. The lowest BCUT2D eigenvalue weighted by Crippen LogP contribution is -2.21. The summed E-state index contributed by atoms with van der Waals surface area (Å²) in [5.74, 6) is 0.208. The molecule has 0 bridgehead atoms. The van der Waals surface area contributed by atoms with Gasteiger partial charge in [0, 0.05) is 7.05 Å². The minimum atomic E-state index is -0.229. The van der Waals surface area contributed by atoms with Crippen LogP contribution in [0, 0.1) is 4.77 Å². The number of rotatable bonds is 1. The van der Waals surface area contributed by atoms with E-state index in [0.717, 1.165) is 25.7 Å². The fraction of sp³-hybridized carbons (Fsp3) is 0.636. The zero-order valence-electron chi connectivity index (χ0n) is 9.32. The SMILES string of the molecule is Cn1c(O)c(C2CCCCC2)c(=O)[nH]c1=S. The highest BCUT2D eigenvalue weighted by Crippen LogP contribution is 2.34. The molecule has 0 aliphatic heterocycles. The van der Waals surface area contributed by atoms with Gasteiger partial charge in [0.15, 0.2) is 4.77 Å². The average Bonchev–Trinajstić information content (AvgIpc) is 2.28. The van der Waals surface area contributed by atoms with E-state index in [0.29, 0.717) is 5.56 Å². The van der Waals surface area contributed by atoms with Gasteiger partial charge < -0.3 is 5.11 Å². The van der Waals surface area contributed by atoms with Crippen molar-refractivity contribution in [3.63, 3.8) is 0 Å². The molecule has 0 spiro atoms. The predicted octanol–water partition coefficient (Wildman–Crippen LogP) is 2.20. The first-order valence-electron chi connectivity index (χ1n) is 5.63. The van der Waals surface area contributed by atoms with Gasteiger partial charge in [0.2, 0.25) is 5.88 Å². The first-order chi connectivity index (χ1) is 7.61. The number of aromatic hydroxyl groups is 1. The van der Waals surface area contributed by atoms with Crippen LogP contribution in [0.3, 0.4) is 0 Å². The van der Waals surface area contributed by atoms with E-state index in [4.69, 9.17) is 12.2 Å². The van der Waals surface area contributed by atoms with Crippen molar-refractivity contribution in [3.8, 4) is 5.88 Å². The van der Waals surface area contributed by atoms with Crippen molar-refractivity contribution in [3.05, 3.63) is 20.7 Å². The molecule has 0 saturated heterocycles. The Labute approximate surface area is 98.9 Å². The highest BCUT2D eigenvalue weighted by atomic mass is 32.1. The van der Waals surface area contributed by atoms with Gasteiger partial charge in [-0.2, -0.15) is 0 Å². The standard InChI is InChI=1S/C11H16N2O2S/c1-13-10(15)8(9(14)12-11(13)16)7-5-3-2-4-6-7/h7,15H,2-6H2,1H3,(H,12,14,16). The summed E-state index contributed by atoms with van der Waals surface area (Å²) in [5, 5.41) is 9.99. The van der Waals surface area contributed by atoms with Gasteiger partial charge in [-0.3, -0.25) is 14.3 Å². The molecule has 88 valence electrons. The van der Waals surface area contributed by atoms with Crippen LogP contribution in [0.4, 0.5) is 0 Å². The second-order valence-corrected chi connectivity index (χ2v) is 4.78. The van der Waals surface area contributed by atoms with Gasteiger partial charge in [-0.1, -0.05) is 19.3 Å². The highest BCUT2D eigenvalue weighted by molar-refractivity contribution is 7.71. The monoisotopic (exact) mass is 240 g/mol. The van der Waals surface area contributed by atoms with Gasteiger partial charge in [-0.25, -0.2) is 0 Å². The zero-order valence-corrected chi connectivity index (χ0v) is 10.1. The van der Waals surface area contributed by atoms with Crippen molar-refractivity contribution in [2.45, 2.75) is 38.0 Å². The summed E-state index contributed by atoms with van der Waals surface area (Å²) >= 11 is 4.94. The molecule has 1 heterocycles. The first kappa shape index (κ1) is 11.4. The van der Waals surface area contributed by atoms with E-state index in [1.165, 1.54) is 11.0 Å². The topological polar surface area (TPSA) is 58.0 Å². The maximum atomic E-state index is 11.8. The molecule has 1 aromatic rings. The third kappa shape index (κ3) is 1.91. The van der Waals surface area contributed by atoms with Crippen LogP contribution in [0.2, 0.25) is 0 Å². The summed E-state index contributed by atoms with van der Waals surface area (Å²) in [4.78, 5) is 14.4. The van der Waals surface area contributed by atoms with Crippen LogP contribution < -0.4 is 5.56 Å². The fourth-order valence-electron chi connectivity index (χ4n) is 2.39. The molecule has 1 aromatic heterocycles. The van der Waals surface area contributed by atoms with Gasteiger partial charge in [-0.05, 0) is 31.0 Å². The molecule has 4 nitrogen and oxygen atoms in total. The van der Waals surface area contributed by atoms with E-state index in [9.17, 15) is 9.90 Å². The minimum Gasteiger partial charge on any atom is -0.494 e. The maximum absolute atomic E-state index is 11.8. The Morgan fingerprint density at radius 3 is 2.62 bits per heavy atom. The number of aromatic amines is 1. The lowest BCUT2D eigenvalue weighted by atomic mass is 9.85. The Bertz CT molecular complexity index is 498. The smallest absolute Gasteiger partial charge is 0.259 e. The molecule has 0 aromatic carbocycles. The summed E-state index contributed by atoms with van der Waals surface area (Å²) in [6, 6.07) is 0. The molecular weight excluding hydrogens is 224 g/mol. The quantitative estimate of drug-likeness (QED) is 0.740. The number of hydrogen-bond donors (Lipinski definition) is 2. The molecule has 1 aliphatic carbocycles. The van der Waals surface area contributed by atoms with Crippen LogP contribution in [0.25, 0.3) is 0 Å². The van der Waals surface area contributed by atoms with E-state index < -0.39 is 0 Å². The van der Waals surface area contributed by atoms with Crippen molar-refractivity contribution in [1.29, 1.82) is 0 Å². The van der Waals surface area contributed by atoms with Crippen LogP contribution in [-0.2, 0) is 7.05 Å². The first-order valence-corrected chi connectivity index (χ1v) is 6.04. The fourth-order valence-corrected chi connectivity index (χ4v) is 2.57. The van der Waals surface area contributed by atoms with Crippen LogP contribution in [0.15, 0.2) is 4.79 Å². The Kier molecular flexibility index (Phi) is 3.14. The number of nitrogens with one attached hydrogen (secondary N) is 1. The summed E-state index contributed by atoms with van der Waals surface area (Å²) in [7, 11) is 1.67. The van der Waals surface area contributed by atoms with Crippen molar-refractivity contribution in [2.24, 2.45) is 7.05 Å². The molecule has 0 unspecified atom stereocenters.